The third kappa shape index (κ3) is 2.89. The molecule has 0 aromatic carbocycles. The molecule has 0 atom stereocenters. The fourth-order valence-electron chi connectivity index (χ4n) is 0.908. The van der Waals surface area contributed by atoms with Gasteiger partial charge in [0.05, 0.1) is 6.42 Å². The van der Waals surface area contributed by atoms with Gasteiger partial charge >= 0.3 is 5.97 Å². The molecule has 0 spiro atoms. The Morgan fingerprint density at radius 3 is 2.86 bits per heavy atom. The van der Waals surface area contributed by atoms with Crippen LogP contribution in [0, 0.1) is 6.92 Å². The fourth-order valence-corrected chi connectivity index (χ4v) is 0.908. The second-order valence-electron chi connectivity index (χ2n) is 2.84. The minimum atomic E-state index is -0.941. The van der Waals surface area contributed by atoms with Crippen LogP contribution in [0.4, 0.5) is 0 Å². The van der Waals surface area contributed by atoms with Gasteiger partial charge in [0.25, 0.3) is 5.91 Å². The number of hydrogen-bond donors (Lipinski definition) is 3. The van der Waals surface area contributed by atoms with Gasteiger partial charge in [0, 0.05) is 12.2 Å². The Kier molecular flexibility index (Phi) is 3.22. The van der Waals surface area contributed by atoms with Gasteiger partial charge in [0.15, 0.2) is 0 Å². The predicted molar refractivity (Wildman–Crippen MR) is 47.9 cm³/mol. The summed E-state index contributed by atoms with van der Waals surface area (Å²) in [6.45, 7) is 1.89. The van der Waals surface area contributed by atoms with Crippen molar-refractivity contribution in [2.45, 2.75) is 13.3 Å². The molecule has 0 radical (unpaired) electrons. The number of rotatable bonds is 4. The predicted octanol–water partition coefficient (Wildman–Crippen LogP) is -0.0774. The number of carbonyl (C=O) groups excluding carboxylic acids is 1. The monoisotopic (exact) mass is 197 g/mol. The van der Waals surface area contributed by atoms with Crippen molar-refractivity contribution in [1.29, 1.82) is 0 Å². The van der Waals surface area contributed by atoms with Crippen LogP contribution in [0.2, 0.25) is 0 Å². The first kappa shape index (κ1) is 10.2. The molecule has 0 unspecified atom stereocenters. The smallest absolute Gasteiger partial charge is 0.305 e. The molecule has 1 heterocycles. The van der Waals surface area contributed by atoms with Crippen molar-refractivity contribution in [1.82, 2.24) is 15.5 Å². The van der Waals surface area contributed by atoms with Crippen LogP contribution in [0.1, 0.15) is 22.6 Å². The SMILES string of the molecule is Cc1cc(C(=O)NCCC(=O)O)n[nH]1. The lowest BCUT2D eigenvalue weighted by Crippen LogP contribution is -2.26. The lowest BCUT2D eigenvalue weighted by molar-refractivity contribution is -0.136. The summed E-state index contributed by atoms with van der Waals surface area (Å²) < 4.78 is 0. The Morgan fingerprint density at radius 2 is 2.36 bits per heavy atom. The van der Waals surface area contributed by atoms with Gasteiger partial charge in [0.2, 0.25) is 0 Å². The normalized spacial score (nSPS) is 9.79. The molecule has 0 aliphatic heterocycles. The van der Waals surface area contributed by atoms with E-state index in [0.717, 1.165) is 5.69 Å². The van der Waals surface area contributed by atoms with E-state index in [1.165, 1.54) is 0 Å². The first-order valence-electron chi connectivity index (χ1n) is 4.11. The third-order valence-corrected chi connectivity index (χ3v) is 1.56. The molecular weight excluding hydrogens is 186 g/mol. The van der Waals surface area contributed by atoms with E-state index in [1.807, 2.05) is 0 Å². The summed E-state index contributed by atoms with van der Waals surface area (Å²) in [4.78, 5) is 21.4. The lowest BCUT2D eigenvalue weighted by atomic mass is 10.3. The average Bonchev–Trinajstić information content (AvgIpc) is 2.51. The number of aryl methyl sites for hydroxylation is 1. The summed E-state index contributed by atoms with van der Waals surface area (Å²) in [5.41, 5.74) is 1.06. The highest BCUT2D eigenvalue weighted by Gasteiger charge is 2.08. The van der Waals surface area contributed by atoms with Crippen molar-refractivity contribution >= 4 is 11.9 Å². The molecule has 6 heteroatoms. The Morgan fingerprint density at radius 1 is 1.64 bits per heavy atom. The summed E-state index contributed by atoms with van der Waals surface area (Å²) >= 11 is 0. The van der Waals surface area contributed by atoms with E-state index < -0.39 is 5.97 Å². The molecule has 1 aromatic rings. The van der Waals surface area contributed by atoms with Gasteiger partial charge in [-0.15, -0.1) is 0 Å². The van der Waals surface area contributed by atoms with Crippen LogP contribution in [0.15, 0.2) is 6.07 Å². The Hall–Kier alpha value is -1.85. The highest BCUT2D eigenvalue weighted by Crippen LogP contribution is 1.96. The van der Waals surface area contributed by atoms with E-state index in [0.29, 0.717) is 0 Å². The van der Waals surface area contributed by atoms with E-state index in [9.17, 15) is 9.59 Å². The largest absolute Gasteiger partial charge is 0.481 e. The van der Waals surface area contributed by atoms with Crippen LogP contribution in [-0.4, -0.2) is 33.7 Å². The van der Waals surface area contributed by atoms with E-state index in [-0.39, 0.29) is 24.6 Å². The second kappa shape index (κ2) is 4.40. The number of hydrogen-bond acceptors (Lipinski definition) is 3. The van der Waals surface area contributed by atoms with Crippen molar-refractivity contribution in [3.63, 3.8) is 0 Å². The first-order valence-corrected chi connectivity index (χ1v) is 4.11. The summed E-state index contributed by atoms with van der Waals surface area (Å²) in [6.07, 6.45) is -0.0881. The maximum absolute atomic E-state index is 11.3. The highest BCUT2D eigenvalue weighted by atomic mass is 16.4. The van der Waals surface area contributed by atoms with E-state index in [4.69, 9.17) is 5.11 Å². The minimum Gasteiger partial charge on any atom is -0.481 e. The van der Waals surface area contributed by atoms with Crippen LogP contribution in [0.3, 0.4) is 0 Å². The van der Waals surface area contributed by atoms with Gasteiger partial charge in [0.1, 0.15) is 5.69 Å². The van der Waals surface area contributed by atoms with Crippen molar-refractivity contribution in [2.24, 2.45) is 0 Å². The number of aliphatic carboxylic acids is 1. The number of amides is 1. The standard InChI is InChI=1S/C8H11N3O3/c1-5-4-6(11-10-5)8(14)9-3-2-7(12)13/h4H,2-3H2,1H3,(H,9,14)(H,10,11)(H,12,13). The number of carboxylic acid groups (broad SMARTS) is 1. The third-order valence-electron chi connectivity index (χ3n) is 1.56. The zero-order chi connectivity index (χ0) is 10.6. The molecule has 0 fully saturated rings. The number of carboxylic acids is 1. The van der Waals surface area contributed by atoms with Gasteiger partial charge < -0.3 is 10.4 Å². The molecule has 0 saturated carbocycles. The summed E-state index contributed by atoms with van der Waals surface area (Å²) in [6, 6.07) is 1.59. The molecule has 14 heavy (non-hydrogen) atoms. The number of H-pyrrole nitrogens is 1. The summed E-state index contributed by atoms with van der Waals surface area (Å²) in [7, 11) is 0. The number of nitrogens with zero attached hydrogens (tertiary/aromatic N) is 1. The fraction of sp³-hybridized carbons (Fsp3) is 0.375. The van der Waals surface area contributed by atoms with Crippen LogP contribution in [-0.2, 0) is 4.79 Å². The Bertz CT molecular complexity index is 345. The maximum atomic E-state index is 11.3. The molecule has 0 aliphatic rings. The average molecular weight is 197 g/mol. The van der Waals surface area contributed by atoms with Crippen molar-refractivity contribution in [3.8, 4) is 0 Å². The molecule has 3 N–H and O–H groups in total. The van der Waals surface area contributed by atoms with Gasteiger partial charge in [-0.05, 0) is 13.0 Å². The van der Waals surface area contributed by atoms with Crippen molar-refractivity contribution in [3.05, 3.63) is 17.5 Å². The second-order valence-corrected chi connectivity index (χ2v) is 2.84. The van der Waals surface area contributed by atoms with Gasteiger partial charge in [-0.25, -0.2) is 0 Å². The highest BCUT2D eigenvalue weighted by molar-refractivity contribution is 5.92. The number of carbonyl (C=O) groups is 2. The first-order chi connectivity index (χ1) is 6.59. The van der Waals surface area contributed by atoms with E-state index >= 15 is 0 Å². The zero-order valence-corrected chi connectivity index (χ0v) is 7.70. The molecular formula is C8H11N3O3. The Balaban J connectivity index is 2.39. The quantitative estimate of drug-likeness (QED) is 0.629. The summed E-state index contributed by atoms with van der Waals surface area (Å²) in [5, 5.41) is 17.1. The number of nitrogens with one attached hydrogen (secondary N) is 2. The van der Waals surface area contributed by atoms with E-state index in [1.54, 1.807) is 13.0 Å². The molecule has 1 aromatic heterocycles. The van der Waals surface area contributed by atoms with E-state index in [2.05, 4.69) is 15.5 Å². The molecule has 76 valence electrons. The number of aromatic amines is 1. The molecule has 1 amide bonds. The van der Waals surface area contributed by atoms with Crippen LogP contribution in [0.5, 0.6) is 0 Å². The van der Waals surface area contributed by atoms with Gasteiger partial charge in [-0.1, -0.05) is 0 Å². The zero-order valence-electron chi connectivity index (χ0n) is 7.70. The van der Waals surface area contributed by atoms with Gasteiger partial charge in [-0.3, -0.25) is 14.7 Å². The number of aromatic nitrogens is 2. The van der Waals surface area contributed by atoms with Gasteiger partial charge in [-0.2, -0.15) is 5.10 Å². The molecule has 6 nitrogen and oxygen atoms in total. The van der Waals surface area contributed by atoms with Crippen LogP contribution < -0.4 is 5.32 Å². The topological polar surface area (TPSA) is 95.1 Å². The molecule has 0 aliphatic carbocycles. The maximum Gasteiger partial charge on any atom is 0.305 e. The molecule has 0 saturated heterocycles. The minimum absolute atomic E-state index is 0.0881. The Labute approximate surface area is 80.3 Å². The molecule has 1 rings (SSSR count). The molecule has 0 bridgehead atoms. The van der Waals surface area contributed by atoms with Crippen LogP contribution in [0.25, 0.3) is 0 Å². The van der Waals surface area contributed by atoms with Crippen molar-refractivity contribution in [2.75, 3.05) is 6.54 Å². The lowest BCUT2D eigenvalue weighted by Gasteiger charge is -1.98. The van der Waals surface area contributed by atoms with Crippen molar-refractivity contribution < 1.29 is 14.7 Å². The van der Waals surface area contributed by atoms with Crippen LogP contribution >= 0.6 is 0 Å². The summed E-state index contributed by atoms with van der Waals surface area (Å²) in [5.74, 6) is -1.31.